The summed E-state index contributed by atoms with van der Waals surface area (Å²) in [6.07, 6.45) is 1.53. The van der Waals surface area contributed by atoms with Crippen LogP contribution in [0.4, 0.5) is 5.69 Å². The van der Waals surface area contributed by atoms with Gasteiger partial charge in [-0.05, 0) is 19.1 Å². The van der Waals surface area contributed by atoms with Gasteiger partial charge >= 0.3 is 0 Å². The van der Waals surface area contributed by atoms with E-state index in [9.17, 15) is 4.79 Å². The molecule has 5 heteroatoms. The molecule has 1 heterocycles. The summed E-state index contributed by atoms with van der Waals surface area (Å²) in [6, 6.07) is 5.23. The highest BCUT2D eigenvalue weighted by molar-refractivity contribution is 5.80. The molecule has 0 bridgehead atoms. The van der Waals surface area contributed by atoms with Gasteiger partial charge in [-0.1, -0.05) is 0 Å². The minimum Gasteiger partial charge on any atom is -0.376 e. The first-order valence-corrected chi connectivity index (χ1v) is 4.63. The summed E-state index contributed by atoms with van der Waals surface area (Å²) >= 11 is 0. The van der Waals surface area contributed by atoms with E-state index in [2.05, 4.69) is 15.6 Å². The number of likely N-dealkylation sites (N-methyl/N-ethyl adjacent to an activating group) is 1. The Balaban J connectivity index is 2.51. The first kappa shape index (κ1) is 11.0. The molecule has 5 nitrogen and oxygen atoms in total. The molecule has 0 unspecified atom stereocenters. The second kappa shape index (κ2) is 5.60. The number of hydrogen-bond acceptors (Lipinski definition) is 4. The Hall–Kier alpha value is -2.09. The molecule has 0 aliphatic carbocycles. The minimum absolute atomic E-state index is 0.0761. The summed E-state index contributed by atoms with van der Waals surface area (Å²) in [7, 11) is 0. The first-order valence-electron chi connectivity index (χ1n) is 4.63. The summed E-state index contributed by atoms with van der Waals surface area (Å²) in [5, 5.41) is 14.2. The van der Waals surface area contributed by atoms with E-state index in [1.807, 2.05) is 13.0 Å². The van der Waals surface area contributed by atoms with Crippen molar-refractivity contribution in [2.75, 3.05) is 18.4 Å². The molecular weight excluding hydrogens is 192 g/mol. The van der Waals surface area contributed by atoms with Crippen LogP contribution in [0.25, 0.3) is 0 Å². The van der Waals surface area contributed by atoms with Gasteiger partial charge in [0.05, 0.1) is 6.54 Å². The topological polar surface area (TPSA) is 77.8 Å². The number of nitriles is 1. The van der Waals surface area contributed by atoms with E-state index >= 15 is 0 Å². The van der Waals surface area contributed by atoms with Crippen molar-refractivity contribution < 1.29 is 4.79 Å². The number of rotatable bonds is 4. The van der Waals surface area contributed by atoms with Gasteiger partial charge in [0.1, 0.15) is 11.8 Å². The molecule has 0 atom stereocenters. The third-order valence-electron chi connectivity index (χ3n) is 1.70. The molecule has 0 saturated heterocycles. The van der Waals surface area contributed by atoms with Crippen molar-refractivity contribution >= 4 is 11.6 Å². The monoisotopic (exact) mass is 204 g/mol. The summed E-state index contributed by atoms with van der Waals surface area (Å²) < 4.78 is 0. The predicted molar refractivity (Wildman–Crippen MR) is 56.1 cm³/mol. The molecule has 0 aromatic carbocycles. The van der Waals surface area contributed by atoms with Gasteiger partial charge in [-0.2, -0.15) is 5.26 Å². The standard InChI is InChI=1S/C10H12N4O/c1-2-12-10(15)7-14-8-3-4-13-9(5-8)6-11/h3-5H,2,7H2,1H3,(H,12,15)(H,13,14). The van der Waals surface area contributed by atoms with Crippen LogP contribution in [0.1, 0.15) is 12.6 Å². The average molecular weight is 204 g/mol. The van der Waals surface area contributed by atoms with Crippen molar-refractivity contribution in [3.8, 4) is 6.07 Å². The number of hydrogen-bond donors (Lipinski definition) is 2. The van der Waals surface area contributed by atoms with Gasteiger partial charge in [-0.3, -0.25) is 4.79 Å². The van der Waals surface area contributed by atoms with Crippen molar-refractivity contribution in [1.29, 1.82) is 5.26 Å². The Morgan fingerprint density at radius 2 is 2.47 bits per heavy atom. The number of nitrogens with zero attached hydrogens (tertiary/aromatic N) is 2. The Morgan fingerprint density at radius 3 is 3.13 bits per heavy atom. The number of amides is 1. The minimum atomic E-state index is -0.0761. The molecule has 0 saturated carbocycles. The van der Waals surface area contributed by atoms with Crippen molar-refractivity contribution in [3.63, 3.8) is 0 Å². The van der Waals surface area contributed by atoms with E-state index in [0.29, 0.717) is 17.9 Å². The van der Waals surface area contributed by atoms with E-state index in [1.54, 1.807) is 12.1 Å². The van der Waals surface area contributed by atoms with Gasteiger partial charge in [0.15, 0.2) is 0 Å². The van der Waals surface area contributed by atoms with Crippen LogP contribution >= 0.6 is 0 Å². The molecular formula is C10H12N4O. The summed E-state index contributed by atoms with van der Waals surface area (Å²) in [4.78, 5) is 14.9. The van der Waals surface area contributed by atoms with Crippen molar-refractivity contribution in [1.82, 2.24) is 10.3 Å². The van der Waals surface area contributed by atoms with Crippen LogP contribution in [0, 0.1) is 11.3 Å². The van der Waals surface area contributed by atoms with E-state index in [0.717, 1.165) is 0 Å². The van der Waals surface area contributed by atoms with Crippen molar-refractivity contribution in [2.24, 2.45) is 0 Å². The fourth-order valence-corrected chi connectivity index (χ4v) is 1.04. The average Bonchev–Trinajstić information content (AvgIpc) is 2.27. The zero-order valence-corrected chi connectivity index (χ0v) is 8.45. The molecule has 1 aromatic rings. The van der Waals surface area contributed by atoms with Crippen LogP contribution < -0.4 is 10.6 Å². The van der Waals surface area contributed by atoms with Crippen LogP contribution in [0.5, 0.6) is 0 Å². The molecule has 0 fully saturated rings. The molecule has 1 aromatic heterocycles. The Morgan fingerprint density at radius 1 is 1.67 bits per heavy atom. The van der Waals surface area contributed by atoms with Crippen LogP contribution in [0.2, 0.25) is 0 Å². The Labute approximate surface area is 88.1 Å². The van der Waals surface area contributed by atoms with E-state index in [4.69, 9.17) is 5.26 Å². The summed E-state index contributed by atoms with van der Waals surface area (Å²) in [6.45, 7) is 2.67. The van der Waals surface area contributed by atoms with Crippen LogP contribution in [-0.4, -0.2) is 24.0 Å². The van der Waals surface area contributed by atoms with E-state index < -0.39 is 0 Å². The van der Waals surface area contributed by atoms with Crippen LogP contribution in [0.15, 0.2) is 18.3 Å². The molecule has 2 N–H and O–H groups in total. The lowest BCUT2D eigenvalue weighted by Crippen LogP contribution is -2.29. The Kier molecular flexibility index (Phi) is 4.10. The van der Waals surface area contributed by atoms with Gasteiger partial charge in [0.25, 0.3) is 0 Å². The second-order valence-electron chi connectivity index (χ2n) is 2.85. The van der Waals surface area contributed by atoms with Crippen molar-refractivity contribution in [2.45, 2.75) is 6.92 Å². The molecule has 0 radical (unpaired) electrons. The predicted octanol–water partition coefficient (Wildman–Crippen LogP) is 0.501. The lowest BCUT2D eigenvalue weighted by Gasteiger charge is -2.05. The third kappa shape index (κ3) is 3.65. The summed E-state index contributed by atoms with van der Waals surface area (Å²) in [5.74, 6) is -0.0761. The van der Waals surface area contributed by atoms with E-state index in [1.165, 1.54) is 6.20 Å². The number of carbonyl (C=O) groups is 1. The van der Waals surface area contributed by atoms with Crippen LogP contribution in [-0.2, 0) is 4.79 Å². The quantitative estimate of drug-likeness (QED) is 0.748. The van der Waals surface area contributed by atoms with Crippen LogP contribution in [0.3, 0.4) is 0 Å². The lowest BCUT2D eigenvalue weighted by molar-refractivity contribution is -0.119. The number of nitrogens with one attached hydrogen (secondary N) is 2. The van der Waals surface area contributed by atoms with Gasteiger partial charge in [0, 0.05) is 18.4 Å². The number of aromatic nitrogens is 1. The largest absolute Gasteiger partial charge is 0.376 e. The molecule has 0 aliphatic heterocycles. The SMILES string of the molecule is CCNC(=O)CNc1ccnc(C#N)c1. The van der Waals surface area contributed by atoms with Crippen molar-refractivity contribution in [3.05, 3.63) is 24.0 Å². The first-order chi connectivity index (χ1) is 7.26. The second-order valence-corrected chi connectivity index (χ2v) is 2.85. The highest BCUT2D eigenvalue weighted by atomic mass is 16.1. The van der Waals surface area contributed by atoms with Gasteiger partial charge in [-0.15, -0.1) is 0 Å². The fourth-order valence-electron chi connectivity index (χ4n) is 1.04. The van der Waals surface area contributed by atoms with Gasteiger partial charge in [-0.25, -0.2) is 4.98 Å². The zero-order chi connectivity index (χ0) is 11.1. The maximum Gasteiger partial charge on any atom is 0.239 e. The number of anilines is 1. The highest BCUT2D eigenvalue weighted by Gasteiger charge is 1.99. The maximum atomic E-state index is 11.1. The normalized spacial score (nSPS) is 9.07. The maximum absolute atomic E-state index is 11.1. The molecule has 1 amide bonds. The van der Waals surface area contributed by atoms with Gasteiger partial charge < -0.3 is 10.6 Å². The van der Waals surface area contributed by atoms with Gasteiger partial charge in [0.2, 0.25) is 5.91 Å². The van der Waals surface area contributed by atoms with E-state index in [-0.39, 0.29) is 12.5 Å². The third-order valence-corrected chi connectivity index (χ3v) is 1.70. The summed E-state index contributed by atoms with van der Waals surface area (Å²) in [5.41, 5.74) is 1.05. The number of carbonyl (C=O) groups excluding carboxylic acids is 1. The molecule has 78 valence electrons. The smallest absolute Gasteiger partial charge is 0.239 e. The molecule has 1 rings (SSSR count). The lowest BCUT2D eigenvalue weighted by atomic mass is 10.3. The highest BCUT2D eigenvalue weighted by Crippen LogP contribution is 2.05. The Bertz CT molecular complexity index is 383. The number of pyridine rings is 1. The molecule has 0 spiro atoms. The molecule has 0 aliphatic rings. The fraction of sp³-hybridized carbons (Fsp3) is 0.300. The zero-order valence-electron chi connectivity index (χ0n) is 8.45. The molecule has 15 heavy (non-hydrogen) atoms.